The van der Waals surface area contributed by atoms with Gasteiger partial charge in [-0.1, -0.05) is 30.3 Å². The molecule has 0 radical (unpaired) electrons. The molecule has 1 aliphatic rings. The first-order chi connectivity index (χ1) is 11.1. The molecule has 1 amide bonds. The maximum absolute atomic E-state index is 11.8. The molecule has 2 rings (SSSR count). The fraction of sp³-hybridized carbons (Fsp3) is 0.529. The van der Waals surface area contributed by atoms with Gasteiger partial charge in [-0.05, 0) is 24.2 Å². The first-order valence-electron chi connectivity index (χ1n) is 8.02. The fourth-order valence-corrected chi connectivity index (χ4v) is 3.34. The lowest BCUT2D eigenvalue weighted by atomic mass is 10.2. The molecule has 1 saturated heterocycles. The largest absolute Gasteiger partial charge is 0.353 e. The molecule has 1 unspecified atom stereocenters. The Morgan fingerprint density at radius 2 is 2.13 bits per heavy atom. The number of carbonyl (C=O) groups is 1. The highest BCUT2D eigenvalue weighted by Gasteiger charge is 2.15. The van der Waals surface area contributed by atoms with E-state index >= 15 is 0 Å². The predicted molar refractivity (Wildman–Crippen MR) is 97.8 cm³/mol. The second-order valence-corrected chi connectivity index (χ2v) is 7.00. The zero-order chi connectivity index (χ0) is 16.5. The summed E-state index contributed by atoms with van der Waals surface area (Å²) in [7, 11) is 3.52. The number of guanidine groups is 1. The number of hydrogen-bond acceptors (Lipinski definition) is 3. The van der Waals surface area contributed by atoms with Crippen molar-refractivity contribution in [1.29, 1.82) is 0 Å². The van der Waals surface area contributed by atoms with Crippen LogP contribution in [-0.2, 0) is 11.3 Å². The van der Waals surface area contributed by atoms with E-state index in [1.54, 1.807) is 19.0 Å². The first-order valence-corrected chi connectivity index (χ1v) is 9.17. The molecule has 1 aromatic carbocycles. The van der Waals surface area contributed by atoms with Crippen LogP contribution >= 0.6 is 11.8 Å². The molecular weight excluding hydrogens is 308 g/mol. The predicted octanol–water partition coefficient (Wildman–Crippen LogP) is 1.71. The molecule has 2 N–H and O–H groups in total. The average Bonchev–Trinajstić information content (AvgIpc) is 2.58. The average molecular weight is 334 g/mol. The molecular formula is C17H26N4OS. The van der Waals surface area contributed by atoms with Crippen molar-refractivity contribution in [3.05, 3.63) is 35.9 Å². The molecule has 0 bridgehead atoms. The summed E-state index contributed by atoms with van der Waals surface area (Å²) in [5.74, 6) is 3.09. The lowest BCUT2D eigenvalue weighted by molar-refractivity contribution is -0.127. The third-order valence-corrected chi connectivity index (χ3v) is 4.88. The maximum atomic E-state index is 11.8. The van der Waals surface area contributed by atoms with E-state index in [4.69, 9.17) is 0 Å². The highest BCUT2D eigenvalue weighted by Crippen LogP contribution is 2.16. The summed E-state index contributed by atoms with van der Waals surface area (Å²) in [6, 6.07) is 10.6. The van der Waals surface area contributed by atoms with Gasteiger partial charge in [0, 0.05) is 25.9 Å². The van der Waals surface area contributed by atoms with Gasteiger partial charge < -0.3 is 15.5 Å². The number of carbonyl (C=O) groups excluding carboxylic acids is 1. The van der Waals surface area contributed by atoms with Crippen LogP contribution in [0, 0.1) is 0 Å². The number of rotatable bonds is 5. The molecule has 0 aliphatic carbocycles. The van der Waals surface area contributed by atoms with Gasteiger partial charge in [0.15, 0.2) is 5.96 Å². The van der Waals surface area contributed by atoms with Gasteiger partial charge in [0.1, 0.15) is 0 Å². The Balaban J connectivity index is 1.95. The Morgan fingerprint density at radius 3 is 2.78 bits per heavy atom. The fourth-order valence-electron chi connectivity index (χ4n) is 2.27. The molecule has 0 saturated carbocycles. The zero-order valence-corrected chi connectivity index (χ0v) is 14.7. The lowest BCUT2D eigenvalue weighted by Crippen LogP contribution is -2.48. The lowest BCUT2D eigenvalue weighted by Gasteiger charge is -2.25. The van der Waals surface area contributed by atoms with Gasteiger partial charge in [0.2, 0.25) is 5.91 Å². The summed E-state index contributed by atoms with van der Waals surface area (Å²) in [4.78, 5) is 18.0. The van der Waals surface area contributed by atoms with Crippen molar-refractivity contribution >= 4 is 23.6 Å². The standard InChI is InChI=1S/C17H26N4OS/c1-21(2)16(22)12-19-17(20-15-9-6-10-23-13-15)18-11-14-7-4-3-5-8-14/h3-5,7-8,15H,6,9-13H2,1-2H3,(H2,18,19,20). The molecule has 23 heavy (non-hydrogen) atoms. The van der Waals surface area contributed by atoms with Crippen LogP contribution < -0.4 is 10.6 Å². The van der Waals surface area contributed by atoms with E-state index in [1.807, 2.05) is 30.0 Å². The van der Waals surface area contributed by atoms with E-state index < -0.39 is 0 Å². The molecule has 1 fully saturated rings. The Labute approximate surface area is 142 Å². The third kappa shape index (κ3) is 6.52. The van der Waals surface area contributed by atoms with Gasteiger partial charge >= 0.3 is 0 Å². The summed E-state index contributed by atoms with van der Waals surface area (Å²) < 4.78 is 0. The second-order valence-electron chi connectivity index (χ2n) is 5.85. The van der Waals surface area contributed by atoms with Crippen molar-refractivity contribution in [2.45, 2.75) is 25.4 Å². The van der Waals surface area contributed by atoms with Crippen LogP contribution in [0.5, 0.6) is 0 Å². The van der Waals surface area contributed by atoms with Gasteiger partial charge in [0.05, 0.1) is 13.1 Å². The van der Waals surface area contributed by atoms with Gasteiger partial charge in [-0.25, -0.2) is 4.99 Å². The Hall–Kier alpha value is -1.69. The number of amides is 1. The molecule has 6 heteroatoms. The minimum absolute atomic E-state index is 0.0391. The summed E-state index contributed by atoms with van der Waals surface area (Å²) in [5, 5.41) is 6.62. The Bertz CT molecular complexity index is 513. The van der Waals surface area contributed by atoms with E-state index in [1.165, 1.54) is 12.2 Å². The number of nitrogens with one attached hydrogen (secondary N) is 2. The van der Waals surface area contributed by atoms with Crippen LogP contribution in [-0.4, -0.2) is 55.0 Å². The molecule has 0 aromatic heterocycles. The summed E-state index contributed by atoms with van der Waals surface area (Å²) >= 11 is 1.97. The minimum Gasteiger partial charge on any atom is -0.353 e. The van der Waals surface area contributed by atoms with Gasteiger partial charge in [-0.3, -0.25) is 4.79 Å². The number of hydrogen-bond donors (Lipinski definition) is 2. The molecule has 1 atom stereocenters. The van der Waals surface area contributed by atoms with Crippen molar-refractivity contribution in [2.24, 2.45) is 4.99 Å². The maximum Gasteiger partial charge on any atom is 0.241 e. The topological polar surface area (TPSA) is 56.7 Å². The SMILES string of the molecule is CN(C)C(=O)CNC(=NCc1ccccc1)NC1CCCSC1. The van der Waals surface area contributed by atoms with Crippen molar-refractivity contribution < 1.29 is 4.79 Å². The highest BCUT2D eigenvalue weighted by molar-refractivity contribution is 7.99. The summed E-state index contributed by atoms with van der Waals surface area (Å²) in [5.41, 5.74) is 1.16. The molecule has 1 aromatic rings. The number of nitrogens with zero attached hydrogens (tertiary/aromatic N) is 2. The first kappa shape index (κ1) is 17.7. The molecule has 126 valence electrons. The normalized spacial score (nSPS) is 18.3. The minimum atomic E-state index is 0.0391. The van der Waals surface area contributed by atoms with Gasteiger partial charge in [-0.2, -0.15) is 11.8 Å². The number of aliphatic imine (C=N–C) groups is 1. The van der Waals surface area contributed by atoms with Crippen LogP contribution in [0.2, 0.25) is 0 Å². The van der Waals surface area contributed by atoms with E-state index in [2.05, 4.69) is 27.8 Å². The number of benzene rings is 1. The van der Waals surface area contributed by atoms with E-state index in [9.17, 15) is 4.79 Å². The third-order valence-electron chi connectivity index (χ3n) is 3.67. The van der Waals surface area contributed by atoms with E-state index in [-0.39, 0.29) is 12.5 Å². The molecule has 5 nitrogen and oxygen atoms in total. The van der Waals surface area contributed by atoms with Gasteiger partial charge in [-0.15, -0.1) is 0 Å². The Morgan fingerprint density at radius 1 is 1.35 bits per heavy atom. The Kier molecular flexibility index (Phi) is 7.26. The van der Waals surface area contributed by atoms with Crippen LogP contribution in [0.25, 0.3) is 0 Å². The van der Waals surface area contributed by atoms with E-state index in [0.717, 1.165) is 23.7 Å². The van der Waals surface area contributed by atoms with Crippen molar-refractivity contribution in [1.82, 2.24) is 15.5 Å². The van der Waals surface area contributed by atoms with Crippen LogP contribution in [0.3, 0.4) is 0 Å². The quantitative estimate of drug-likeness (QED) is 0.636. The number of likely N-dealkylation sites (N-methyl/N-ethyl adjacent to an activating group) is 1. The smallest absolute Gasteiger partial charge is 0.241 e. The molecule has 1 aliphatic heterocycles. The monoisotopic (exact) mass is 334 g/mol. The van der Waals surface area contributed by atoms with E-state index in [0.29, 0.717) is 12.6 Å². The summed E-state index contributed by atoms with van der Waals surface area (Å²) in [6.07, 6.45) is 2.38. The van der Waals surface area contributed by atoms with Crippen LogP contribution in [0.4, 0.5) is 0 Å². The summed E-state index contributed by atoms with van der Waals surface area (Å²) in [6.45, 7) is 0.861. The molecule has 0 spiro atoms. The van der Waals surface area contributed by atoms with Gasteiger partial charge in [0.25, 0.3) is 0 Å². The number of thioether (sulfide) groups is 1. The van der Waals surface area contributed by atoms with Crippen molar-refractivity contribution in [3.63, 3.8) is 0 Å². The van der Waals surface area contributed by atoms with Crippen molar-refractivity contribution in [3.8, 4) is 0 Å². The second kappa shape index (κ2) is 9.45. The highest BCUT2D eigenvalue weighted by atomic mass is 32.2. The van der Waals surface area contributed by atoms with Crippen LogP contribution in [0.15, 0.2) is 35.3 Å². The van der Waals surface area contributed by atoms with Crippen LogP contribution in [0.1, 0.15) is 18.4 Å². The zero-order valence-electron chi connectivity index (χ0n) is 13.9. The molecule has 1 heterocycles. The van der Waals surface area contributed by atoms with Crippen molar-refractivity contribution in [2.75, 3.05) is 32.1 Å².